The minimum atomic E-state index is 0.689. The summed E-state index contributed by atoms with van der Waals surface area (Å²) in [6.07, 6.45) is 5.70. The van der Waals surface area contributed by atoms with Gasteiger partial charge in [0.1, 0.15) is 18.0 Å². The third kappa shape index (κ3) is 4.46. The molecule has 1 heterocycles. The number of nitrogen functional groups attached to an aromatic ring is 1. The second-order valence-corrected chi connectivity index (χ2v) is 4.03. The van der Waals surface area contributed by atoms with E-state index < -0.39 is 0 Å². The molecule has 0 aliphatic carbocycles. The molecule has 4 N–H and O–H groups in total. The van der Waals surface area contributed by atoms with Crippen molar-refractivity contribution in [2.75, 3.05) is 31.0 Å². The van der Waals surface area contributed by atoms with Crippen LogP contribution < -0.4 is 16.6 Å². The number of hydrogen-bond acceptors (Lipinski definition) is 6. The van der Waals surface area contributed by atoms with Crippen LogP contribution >= 0.6 is 0 Å². The van der Waals surface area contributed by atoms with Gasteiger partial charge in [0.25, 0.3) is 0 Å². The molecule has 0 aromatic carbocycles. The molecule has 0 radical (unpaired) electrons. The van der Waals surface area contributed by atoms with Crippen molar-refractivity contribution in [3.63, 3.8) is 0 Å². The van der Waals surface area contributed by atoms with Crippen LogP contribution in [0, 0.1) is 0 Å². The second kappa shape index (κ2) is 8.66. The van der Waals surface area contributed by atoms with Gasteiger partial charge in [-0.15, -0.1) is 0 Å². The van der Waals surface area contributed by atoms with Crippen LogP contribution in [0.25, 0.3) is 0 Å². The van der Waals surface area contributed by atoms with E-state index >= 15 is 0 Å². The highest BCUT2D eigenvalue weighted by molar-refractivity contribution is 5.56. The van der Waals surface area contributed by atoms with Crippen molar-refractivity contribution >= 4 is 11.6 Å². The lowest BCUT2D eigenvalue weighted by atomic mass is 10.2. The van der Waals surface area contributed by atoms with Crippen molar-refractivity contribution in [1.29, 1.82) is 0 Å². The van der Waals surface area contributed by atoms with Crippen LogP contribution in [0.5, 0.6) is 0 Å². The van der Waals surface area contributed by atoms with Gasteiger partial charge in [-0.1, -0.05) is 6.92 Å². The quantitative estimate of drug-likeness (QED) is 0.352. The number of nitrogens with zero attached hydrogens (tertiary/aromatic N) is 2. The Kier molecular flexibility index (Phi) is 7.05. The van der Waals surface area contributed by atoms with E-state index in [0.29, 0.717) is 5.82 Å². The number of anilines is 2. The molecule has 0 saturated heterocycles. The molecule has 1 aromatic heterocycles. The van der Waals surface area contributed by atoms with Gasteiger partial charge < -0.3 is 15.5 Å². The minimum Gasteiger partial charge on any atom is -0.385 e. The summed E-state index contributed by atoms with van der Waals surface area (Å²) in [6, 6.07) is 0. The van der Waals surface area contributed by atoms with Gasteiger partial charge in [-0.05, 0) is 25.7 Å². The smallest absolute Gasteiger partial charge is 0.148 e. The van der Waals surface area contributed by atoms with Crippen LogP contribution in [-0.4, -0.2) is 30.2 Å². The molecular formula is C12H23N5O. The zero-order chi connectivity index (χ0) is 13.2. The summed E-state index contributed by atoms with van der Waals surface area (Å²) in [4.78, 5) is 8.34. The topological polar surface area (TPSA) is 85.1 Å². The summed E-state index contributed by atoms with van der Waals surface area (Å²) in [6.45, 7) is 3.79. The molecule has 6 nitrogen and oxygen atoms in total. The molecule has 18 heavy (non-hydrogen) atoms. The number of unbranched alkanes of at least 4 members (excludes halogenated alkanes) is 2. The molecule has 1 rings (SSSR count). The van der Waals surface area contributed by atoms with Gasteiger partial charge in [0, 0.05) is 25.8 Å². The van der Waals surface area contributed by atoms with Gasteiger partial charge in [0.2, 0.25) is 0 Å². The van der Waals surface area contributed by atoms with E-state index in [2.05, 4.69) is 27.6 Å². The molecule has 0 atom stereocenters. The summed E-state index contributed by atoms with van der Waals surface area (Å²) >= 11 is 0. The summed E-state index contributed by atoms with van der Waals surface area (Å²) in [5.41, 5.74) is 3.62. The number of hydrazine groups is 1. The fourth-order valence-corrected chi connectivity index (χ4v) is 1.78. The molecule has 0 spiro atoms. The number of rotatable bonds is 9. The van der Waals surface area contributed by atoms with Gasteiger partial charge in [-0.25, -0.2) is 15.8 Å². The lowest BCUT2D eigenvalue weighted by molar-refractivity contribution is 0.192. The van der Waals surface area contributed by atoms with Gasteiger partial charge in [-0.3, -0.25) is 0 Å². The molecule has 0 fully saturated rings. The van der Waals surface area contributed by atoms with Gasteiger partial charge in [0.05, 0.1) is 0 Å². The van der Waals surface area contributed by atoms with E-state index in [9.17, 15) is 0 Å². The normalized spacial score (nSPS) is 10.4. The lowest BCUT2D eigenvalue weighted by Crippen LogP contribution is -2.14. The first-order valence-electron chi connectivity index (χ1n) is 6.36. The second-order valence-electron chi connectivity index (χ2n) is 4.03. The Morgan fingerprint density at radius 1 is 1.22 bits per heavy atom. The van der Waals surface area contributed by atoms with Gasteiger partial charge in [0.15, 0.2) is 0 Å². The van der Waals surface area contributed by atoms with E-state index in [1.54, 1.807) is 7.11 Å². The molecule has 102 valence electrons. The Labute approximate surface area is 108 Å². The maximum atomic E-state index is 5.42. The SMILES string of the molecule is CCc1c(NN)ncnc1NCCCCCOC. The third-order valence-electron chi connectivity index (χ3n) is 2.75. The van der Waals surface area contributed by atoms with E-state index in [1.807, 2.05) is 0 Å². The van der Waals surface area contributed by atoms with Crippen LogP contribution in [0.2, 0.25) is 0 Å². The molecule has 0 amide bonds. The molecule has 0 aliphatic rings. The van der Waals surface area contributed by atoms with Crippen molar-refractivity contribution < 1.29 is 4.74 Å². The number of hydrogen-bond donors (Lipinski definition) is 3. The number of aromatic nitrogens is 2. The van der Waals surface area contributed by atoms with Crippen molar-refractivity contribution in [2.24, 2.45) is 5.84 Å². The first-order chi connectivity index (χ1) is 8.83. The Bertz CT molecular complexity index is 345. The predicted octanol–water partition coefficient (Wildman–Crippen LogP) is 1.55. The number of nitrogens with one attached hydrogen (secondary N) is 2. The molecule has 0 unspecified atom stereocenters. The molecule has 1 aromatic rings. The molecule has 0 bridgehead atoms. The highest BCUT2D eigenvalue weighted by Gasteiger charge is 2.07. The van der Waals surface area contributed by atoms with Crippen LogP contribution in [-0.2, 0) is 11.2 Å². The van der Waals surface area contributed by atoms with Gasteiger partial charge >= 0.3 is 0 Å². The van der Waals surface area contributed by atoms with Crippen molar-refractivity contribution in [2.45, 2.75) is 32.6 Å². The van der Waals surface area contributed by atoms with Crippen LogP contribution in [0.4, 0.5) is 11.6 Å². The Balaban J connectivity index is 2.41. The first kappa shape index (κ1) is 14.7. The maximum absolute atomic E-state index is 5.42. The largest absolute Gasteiger partial charge is 0.385 e. The van der Waals surface area contributed by atoms with Crippen LogP contribution in [0.15, 0.2) is 6.33 Å². The Hall–Kier alpha value is -1.40. The van der Waals surface area contributed by atoms with E-state index in [1.165, 1.54) is 6.33 Å². The summed E-state index contributed by atoms with van der Waals surface area (Å²) in [5, 5.41) is 3.33. The zero-order valence-electron chi connectivity index (χ0n) is 11.2. The van der Waals surface area contributed by atoms with Gasteiger partial charge in [-0.2, -0.15) is 0 Å². The van der Waals surface area contributed by atoms with Crippen molar-refractivity contribution in [1.82, 2.24) is 9.97 Å². The van der Waals surface area contributed by atoms with Crippen molar-refractivity contribution in [3.8, 4) is 0 Å². The number of nitrogens with two attached hydrogens (primary N) is 1. The predicted molar refractivity (Wildman–Crippen MR) is 73.4 cm³/mol. The Morgan fingerprint density at radius 3 is 2.67 bits per heavy atom. The maximum Gasteiger partial charge on any atom is 0.148 e. The molecule has 0 aliphatic heterocycles. The van der Waals surface area contributed by atoms with E-state index in [4.69, 9.17) is 10.6 Å². The summed E-state index contributed by atoms with van der Waals surface area (Å²) in [7, 11) is 1.73. The lowest BCUT2D eigenvalue weighted by Gasteiger charge is -2.12. The standard InChI is InChI=1S/C12H23N5O/c1-3-10-11(15-9-16-12(10)17-13)14-7-5-4-6-8-18-2/h9H,3-8,13H2,1-2H3,(H2,14,15,16,17). The monoisotopic (exact) mass is 253 g/mol. The summed E-state index contributed by atoms with van der Waals surface area (Å²) < 4.78 is 5.01. The Morgan fingerprint density at radius 2 is 2.00 bits per heavy atom. The average Bonchev–Trinajstić information content (AvgIpc) is 2.42. The van der Waals surface area contributed by atoms with E-state index in [-0.39, 0.29) is 0 Å². The fourth-order valence-electron chi connectivity index (χ4n) is 1.78. The van der Waals surface area contributed by atoms with Crippen molar-refractivity contribution in [3.05, 3.63) is 11.9 Å². The molecule has 0 saturated carbocycles. The highest BCUT2D eigenvalue weighted by atomic mass is 16.5. The highest BCUT2D eigenvalue weighted by Crippen LogP contribution is 2.19. The molecule has 6 heteroatoms. The number of methoxy groups -OCH3 is 1. The summed E-state index contributed by atoms with van der Waals surface area (Å²) in [5.74, 6) is 6.98. The van der Waals surface area contributed by atoms with E-state index in [0.717, 1.165) is 50.2 Å². The minimum absolute atomic E-state index is 0.689. The third-order valence-corrected chi connectivity index (χ3v) is 2.75. The molecular weight excluding hydrogens is 230 g/mol. The zero-order valence-corrected chi connectivity index (χ0v) is 11.2. The average molecular weight is 253 g/mol. The van der Waals surface area contributed by atoms with Crippen LogP contribution in [0.3, 0.4) is 0 Å². The first-order valence-corrected chi connectivity index (χ1v) is 6.36. The van der Waals surface area contributed by atoms with Crippen LogP contribution in [0.1, 0.15) is 31.7 Å². The number of ether oxygens (including phenoxy) is 1. The fraction of sp³-hybridized carbons (Fsp3) is 0.667.